The van der Waals surface area contributed by atoms with Gasteiger partial charge in [0.25, 0.3) is 0 Å². The van der Waals surface area contributed by atoms with Gasteiger partial charge in [0.1, 0.15) is 6.61 Å². The SMILES string of the molecule is CC.CC1(C)OB(c2cccc3c2COC(=O)N3)OC1(C)C. The molecule has 0 radical (unpaired) electrons. The zero-order chi connectivity index (χ0) is 16.5. The summed E-state index contributed by atoms with van der Waals surface area (Å²) in [6, 6.07) is 5.68. The van der Waals surface area contributed by atoms with Crippen LogP contribution in [-0.2, 0) is 20.7 Å². The van der Waals surface area contributed by atoms with Crippen molar-refractivity contribution in [3.63, 3.8) is 0 Å². The third-order valence-corrected chi connectivity index (χ3v) is 4.30. The molecule has 1 saturated heterocycles. The third kappa shape index (κ3) is 2.85. The first-order valence-corrected chi connectivity index (χ1v) is 7.71. The smallest absolute Gasteiger partial charge is 0.444 e. The molecule has 0 aromatic heterocycles. The summed E-state index contributed by atoms with van der Waals surface area (Å²) >= 11 is 0. The summed E-state index contributed by atoms with van der Waals surface area (Å²) in [5.41, 5.74) is 1.79. The molecule has 2 aliphatic rings. The van der Waals surface area contributed by atoms with Crippen molar-refractivity contribution >= 4 is 24.4 Å². The van der Waals surface area contributed by atoms with Crippen LogP contribution in [0.25, 0.3) is 0 Å². The number of hydrogen-bond acceptors (Lipinski definition) is 4. The average Bonchev–Trinajstić information content (AvgIpc) is 2.68. The fourth-order valence-electron chi connectivity index (χ4n) is 2.36. The lowest BCUT2D eigenvalue weighted by atomic mass is 9.75. The van der Waals surface area contributed by atoms with Crippen molar-refractivity contribution in [1.29, 1.82) is 0 Å². The minimum Gasteiger partial charge on any atom is -0.444 e. The summed E-state index contributed by atoms with van der Waals surface area (Å²) in [5, 5.41) is 2.69. The van der Waals surface area contributed by atoms with E-state index in [1.807, 2.05) is 59.7 Å². The Labute approximate surface area is 132 Å². The number of carbonyl (C=O) groups is 1. The van der Waals surface area contributed by atoms with E-state index in [0.29, 0.717) is 0 Å². The van der Waals surface area contributed by atoms with E-state index in [0.717, 1.165) is 16.7 Å². The topological polar surface area (TPSA) is 56.8 Å². The van der Waals surface area contributed by atoms with Gasteiger partial charge in [0.15, 0.2) is 0 Å². The maximum Gasteiger partial charge on any atom is 0.495 e. The summed E-state index contributed by atoms with van der Waals surface area (Å²) < 4.78 is 17.2. The molecule has 22 heavy (non-hydrogen) atoms. The van der Waals surface area contributed by atoms with Crippen molar-refractivity contribution in [2.75, 3.05) is 5.32 Å². The number of fused-ring (bicyclic) bond motifs is 1. The van der Waals surface area contributed by atoms with Crippen LogP contribution in [0.4, 0.5) is 10.5 Å². The molecule has 0 spiro atoms. The van der Waals surface area contributed by atoms with E-state index in [2.05, 4.69) is 5.32 Å². The van der Waals surface area contributed by atoms with Crippen molar-refractivity contribution in [3.05, 3.63) is 23.8 Å². The third-order valence-electron chi connectivity index (χ3n) is 4.30. The Balaban J connectivity index is 0.000000847. The average molecular weight is 305 g/mol. The maximum atomic E-state index is 11.3. The van der Waals surface area contributed by atoms with E-state index < -0.39 is 13.2 Å². The standard InChI is InChI=1S/C14H18BNO4.C2H6/c1-13(2)14(3,4)20-15(19-13)10-6-5-7-11-9(10)8-18-12(17)16-11;1-2/h5-7H,8H2,1-4H3,(H,16,17);1-2H3. The van der Waals surface area contributed by atoms with Gasteiger partial charge in [-0.15, -0.1) is 0 Å². The Hall–Kier alpha value is -1.53. The molecule has 1 aromatic rings. The molecular weight excluding hydrogens is 281 g/mol. The molecule has 1 N–H and O–H groups in total. The molecule has 0 saturated carbocycles. The monoisotopic (exact) mass is 305 g/mol. The lowest BCUT2D eigenvalue weighted by Gasteiger charge is -2.32. The van der Waals surface area contributed by atoms with Gasteiger partial charge in [-0.05, 0) is 39.2 Å². The van der Waals surface area contributed by atoms with Crippen LogP contribution in [0.1, 0.15) is 47.1 Å². The predicted molar refractivity (Wildman–Crippen MR) is 87.3 cm³/mol. The summed E-state index contributed by atoms with van der Waals surface area (Å²) in [6.45, 7) is 12.3. The molecule has 2 aliphatic heterocycles. The molecule has 1 amide bonds. The molecule has 3 rings (SSSR count). The number of carbonyl (C=O) groups excluding carboxylic acids is 1. The minimum atomic E-state index is -0.450. The normalized spacial score (nSPS) is 21.2. The van der Waals surface area contributed by atoms with E-state index in [4.69, 9.17) is 14.0 Å². The molecule has 1 aromatic carbocycles. The molecule has 120 valence electrons. The first-order valence-electron chi connectivity index (χ1n) is 7.71. The Morgan fingerprint density at radius 2 is 1.68 bits per heavy atom. The molecule has 0 aliphatic carbocycles. The van der Waals surface area contributed by atoms with Crippen LogP contribution < -0.4 is 10.8 Å². The van der Waals surface area contributed by atoms with E-state index in [9.17, 15) is 4.79 Å². The number of amides is 1. The predicted octanol–water partition coefficient (Wildman–Crippen LogP) is 3.07. The van der Waals surface area contributed by atoms with Crippen molar-refractivity contribution in [1.82, 2.24) is 0 Å². The number of ether oxygens (including phenoxy) is 1. The Morgan fingerprint density at radius 1 is 1.09 bits per heavy atom. The van der Waals surface area contributed by atoms with E-state index in [-0.39, 0.29) is 17.8 Å². The van der Waals surface area contributed by atoms with Crippen LogP contribution in [0.5, 0.6) is 0 Å². The first-order chi connectivity index (χ1) is 10.3. The number of anilines is 1. The van der Waals surface area contributed by atoms with Gasteiger partial charge in [-0.2, -0.15) is 0 Å². The van der Waals surface area contributed by atoms with Gasteiger partial charge in [0.2, 0.25) is 0 Å². The van der Waals surface area contributed by atoms with Gasteiger partial charge in [0, 0.05) is 5.56 Å². The van der Waals surface area contributed by atoms with Crippen LogP contribution in [-0.4, -0.2) is 24.4 Å². The van der Waals surface area contributed by atoms with Crippen molar-refractivity contribution in [2.45, 2.75) is 59.4 Å². The van der Waals surface area contributed by atoms with Crippen LogP contribution in [0, 0.1) is 0 Å². The van der Waals surface area contributed by atoms with Crippen LogP contribution in [0.15, 0.2) is 18.2 Å². The summed E-state index contributed by atoms with van der Waals surface area (Å²) in [4.78, 5) is 11.3. The quantitative estimate of drug-likeness (QED) is 0.810. The van der Waals surface area contributed by atoms with E-state index >= 15 is 0 Å². The lowest BCUT2D eigenvalue weighted by Crippen LogP contribution is -2.41. The highest BCUT2D eigenvalue weighted by atomic mass is 16.7. The highest BCUT2D eigenvalue weighted by Crippen LogP contribution is 2.37. The fourth-order valence-corrected chi connectivity index (χ4v) is 2.36. The molecular formula is C16H24BNO4. The lowest BCUT2D eigenvalue weighted by molar-refractivity contribution is 0.00578. The van der Waals surface area contributed by atoms with Gasteiger partial charge in [-0.3, -0.25) is 5.32 Å². The largest absolute Gasteiger partial charge is 0.495 e. The molecule has 0 bridgehead atoms. The number of benzene rings is 1. The van der Waals surface area contributed by atoms with E-state index in [1.54, 1.807) is 0 Å². The van der Waals surface area contributed by atoms with Gasteiger partial charge in [0.05, 0.1) is 16.9 Å². The van der Waals surface area contributed by atoms with Crippen LogP contribution >= 0.6 is 0 Å². The highest BCUT2D eigenvalue weighted by Gasteiger charge is 2.52. The highest BCUT2D eigenvalue weighted by molar-refractivity contribution is 6.62. The second kappa shape index (κ2) is 5.93. The number of cyclic esters (lactones) is 1. The summed E-state index contributed by atoms with van der Waals surface area (Å²) in [6.07, 6.45) is -0.427. The molecule has 5 nitrogen and oxygen atoms in total. The Bertz CT molecular complexity index is 555. The van der Waals surface area contributed by atoms with E-state index in [1.165, 1.54) is 0 Å². The molecule has 0 atom stereocenters. The van der Waals surface area contributed by atoms with Crippen molar-refractivity contribution < 1.29 is 18.8 Å². The molecule has 1 fully saturated rings. The fraction of sp³-hybridized carbons (Fsp3) is 0.562. The first kappa shape index (κ1) is 16.8. The Kier molecular flexibility index (Phi) is 4.54. The second-order valence-corrected chi connectivity index (χ2v) is 6.16. The van der Waals surface area contributed by atoms with Gasteiger partial charge in [-0.25, -0.2) is 4.79 Å². The van der Waals surface area contributed by atoms with Crippen LogP contribution in [0.2, 0.25) is 0 Å². The van der Waals surface area contributed by atoms with Crippen molar-refractivity contribution in [2.24, 2.45) is 0 Å². The number of rotatable bonds is 1. The second-order valence-electron chi connectivity index (χ2n) is 6.16. The maximum absolute atomic E-state index is 11.3. The van der Waals surface area contributed by atoms with Gasteiger partial charge >= 0.3 is 13.2 Å². The van der Waals surface area contributed by atoms with Crippen LogP contribution in [0.3, 0.4) is 0 Å². The number of nitrogens with one attached hydrogen (secondary N) is 1. The summed E-state index contributed by atoms with van der Waals surface area (Å²) in [7, 11) is -0.450. The molecule has 2 heterocycles. The summed E-state index contributed by atoms with van der Waals surface area (Å²) in [5.74, 6) is 0. The van der Waals surface area contributed by atoms with Gasteiger partial charge < -0.3 is 14.0 Å². The zero-order valence-corrected chi connectivity index (χ0v) is 14.1. The number of hydrogen-bond donors (Lipinski definition) is 1. The minimum absolute atomic E-state index is 0.238. The Morgan fingerprint density at radius 3 is 2.27 bits per heavy atom. The van der Waals surface area contributed by atoms with Gasteiger partial charge in [-0.1, -0.05) is 26.0 Å². The zero-order valence-electron chi connectivity index (χ0n) is 14.1. The molecule has 0 unspecified atom stereocenters. The molecule has 6 heteroatoms. The van der Waals surface area contributed by atoms with Crippen molar-refractivity contribution in [3.8, 4) is 0 Å².